The third kappa shape index (κ3) is 5.01. The molecule has 1 atom stereocenters. The third-order valence-electron chi connectivity index (χ3n) is 4.79. The lowest BCUT2D eigenvalue weighted by Gasteiger charge is -2.26. The van der Waals surface area contributed by atoms with Crippen molar-refractivity contribution in [3.05, 3.63) is 18.0 Å². The second-order valence-corrected chi connectivity index (χ2v) is 7.59. The molecule has 1 aromatic heterocycles. The highest BCUT2D eigenvalue weighted by Crippen LogP contribution is 2.27. The van der Waals surface area contributed by atoms with Crippen LogP contribution in [-0.4, -0.2) is 58.8 Å². The molecule has 0 aromatic carbocycles. The molecule has 0 bridgehead atoms. The van der Waals surface area contributed by atoms with Gasteiger partial charge in [0, 0.05) is 45.8 Å². The van der Waals surface area contributed by atoms with Gasteiger partial charge in [0.25, 0.3) is 0 Å². The van der Waals surface area contributed by atoms with Gasteiger partial charge in [-0.1, -0.05) is 0 Å². The van der Waals surface area contributed by atoms with Crippen LogP contribution in [0.3, 0.4) is 0 Å². The van der Waals surface area contributed by atoms with E-state index >= 15 is 0 Å². The standard InChI is InChI=1S/C16H27N5S.HI/c1-17-16(18-9-13-4-7-22-8-5-13)21-6-3-14(12-21)15-10-19-20(2)11-15;/h10-11,13-14H,3-9,12H2,1-2H3,(H,17,18);1H. The maximum Gasteiger partial charge on any atom is 0.193 e. The number of hydrogen-bond donors (Lipinski definition) is 1. The van der Waals surface area contributed by atoms with Crippen LogP contribution in [0.15, 0.2) is 17.4 Å². The second-order valence-electron chi connectivity index (χ2n) is 6.36. The van der Waals surface area contributed by atoms with Crippen molar-refractivity contribution in [1.82, 2.24) is 20.0 Å². The fourth-order valence-electron chi connectivity index (χ4n) is 3.39. The summed E-state index contributed by atoms with van der Waals surface area (Å²) in [7, 11) is 3.88. The van der Waals surface area contributed by atoms with Crippen molar-refractivity contribution in [2.75, 3.05) is 38.2 Å². The Morgan fingerprint density at radius 1 is 1.39 bits per heavy atom. The molecule has 0 aliphatic carbocycles. The monoisotopic (exact) mass is 449 g/mol. The molecule has 2 aliphatic heterocycles. The van der Waals surface area contributed by atoms with Gasteiger partial charge in [0.2, 0.25) is 0 Å². The third-order valence-corrected chi connectivity index (χ3v) is 5.83. The fraction of sp³-hybridized carbons (Fsp3) is 0.750. The first-order valence-electron chi connectivity index (χ1n) is 8.28. The van der Waals surface area contributed by atoms with Gasteiger partial charge in [0.15, 0.2) is 5.96 Å². The van der Waals surface area contributed by atoms with Crippen LogP contribution in [0.2, 0.25) is 0 Å². The lowest BCUT2D eigenvalue weighted by Crippen LogP contribution is -2.42. The molecule has 0 saturated carbocycles. The number of halogens is 1. The molecule has 0 spiro atoms. The van der Waals surface area contributed by atoms with Gasteiger partial charge in [0.05, 0.1) is 6.20 Å². The van der Waals surface area contributed by atoms with Crippen LogP contribution in [0.4, 0.5) is 0 Å². The number of nitrogens with one attached hydrogen (secondary N) is 1. The summed E-state index contributed by atoms with van der Waals surface area (Å²) in [5.41, 5.74) is 1.35. The number of aromatic nitrogens is 2. The van der Waals surface area contributed by atoms with Crippen LogP contribution in [-0.2, 0) is 7.05 Å². The molecule has 0 radical (unpaired) electrons. The SMILES string of the molecule is CN=C(NCC1CCSCC1)N1CCC(c2cnn(C)c2)C1.I. The molecule has 2 saturated heterocycles. The van der Waals surface area contributed by atoms with Gasteiger partial charge in [-0.2, -0.15) is 16.9 Å². The maximum absolute atomic E-state index is 4.49. The number of rotatable bonds is 3. The highest BCUT2D eigenvalue weighted by atomic mass is 127. The van der Waals surface area contributed by atoms with Gasteiger partial charge in [-0.3, -0.25) is 9.67 Å². The number of hydrogen-bond acceptors (Lipinski definition) is 3. The molecule has 1 unspecified atom stereocenters. The Morgan fingerprint density at radius 3 is 2.83 bits per heavy atom. The van der Waals surface area contributed by atoms with E-state index in [1.54, 1.807) is 0 Å². The van der Waals surface area contributed by atoms with Crippen LogP contribution in [0, 0.1) is 5.92 Å². The van der Waals surface area contributed by atoms with Crippen LogP contribution in [0.5, 0.6) is 0 Å². The Bertz CT molecular complexity index is 512. The number of likely N-dealkylation sites (tertiary alicyclic amines) is 1. The zero-order valence-electron chi connectivity index (χ0n) is 14.1. The maximum atomic E-state index is 4.49. The van der Waals surface area contributed by atoms with Crippen molar-refractivity contribution in [3.8, 4) is 0 Å². The summed E-state index contributed by atoms with van der Waals surface area (Å²) in [6.07, 6.45) is 8.01. The Hall–Kier alpha value is -0.440. The summed E-state index contributed by atoms with van der Waals surface area (Å²) in [5.74, 6) is 5.10. The van der Waals surface area contributed by atoms with E-state index in [9.17, 15) is 0 Å². The van der Waals surface area contributed by atoms with E-state index in [1.165, 1.54) is 36.3 Å². The van der Waals surface area contributed by atoms with Gasteiger partial charge in [-0.15, -0.1) is 24.0 Å². The molecule has 7 heteroatoms. The minimum absolute atomic E-state index is 0. The van der Waals surface area contributed by atoms with Crippen molar-refractivity contribution >= 4 is 41.7 Å². The first-order valence-corrected chi connectivity index (χ1v) is 9.43. The lowest BCUT2D eigenvalue weighted by atomic mass is 10.0. The van der Waals surface area contributed by atoms with E-state index in [4.69, 9.17) is 0 Å². The van der Waals surface area contributed by atoms with Crippen LogP contribution < -0.4 is 5.32 Å². The summed E-state index contributed by atoms with van der Waals surface area (Å²) in [6, 6.07) is 0. The van der Waals surface area contributed by atoms with Crippen molar-refractivity contribution in [2.45, 2.75) is 25.2 Å². The summed E-state index contributed by atoms with van der Waals surface area (Å²) in [5, 5.41) is 7.90. The molecular weight excluding hydrogens is 421 g/mol. The molecular formula is C16H28IN5S. The van der Waals surface area contributed by atoms with Crippen molar-refractivity contribution in [1.29, 1.82) is 0 Å². The Balaban J connectivity index is 0.00000192. The summed E-state index contributed by atoms with van der Waals surface area (Å²) in [4.78, 5) is 6.89. The number of thioether (sulfide) groups is 1. The topological polar surface area (TPSA) is 45.5 Å². The van der Waals surface area contributed by atoms with Crippen LogP contribution in [0.1, 0.15) is 30.7 Å². The van der Waals surface area contributed by atoms with Crippen molar-refractivity contribution < 1.29 is 0 Å². The second kappa shape index (κ2) is 9.15. The van der Waals surface area contributed by atoms with Crippen LogP contribution in [0.25, 0.3) is 0 Å². The van der Waals surface area contributed by atoms with Crippen molar-refractivity contribution in [2.24, 2.45) is 18.0 Å². The predicted molar refractivity (Wildman–Crippen MR) is 109 cm³/mol. The van der Waals surface area contributed by atoms with Gasteiger partial charge in [-0.25, -0.2) is 0 Å². The quantitative estimate of drug-likeness (QED) is 0.438. The van der Waals surface area contributed by atoms with E-state index < -0.39 is 0 Å². The van der Waals surface area contributed by atoms with Gasteiger partial charge >= 0.3 is 0 Å². The van der Waals surface area contributed by atoms with Gasteiger partial charge < -0.3 is 10.2 Å². The number of nitrogens with zero attached hydrogens (tertiary/aromatic N) is 4. The lowest BCUT2D eigenvalue weighted by molar-refractivity contribution is 0.444. The highest BCUT2D eigenvalue weighted by molar-refractivity contribution is 14.0. The highest BCUT2D eigenvalue weighted by Gasteiger charge is 2.27. The molecule has 0 amide bonds. The van der Waals surface area contributed by atoms with Crippen LogP contribution >= 0.6 is 35.7 Å². The van der Waals surface area contributed by atoms with E-state index in [-0.39, 0.29) is 24.0 Å². The molecule has 130 valence electrons. The molecule has 5 nitrogen and oxygen atoms in total. The Kier molecular flexibility index (Phi) is 7.52. The summed E-state index contributed by atoms with van der Waals surface area (Å²) in [6.45, 7) is 3.20. The van der Waals surface area contributed by atoms with Gasteiger partial charge in [0.1, 0.15) is 0 Å². The Morgan fingerprint density at radius 2 is 2.17 bits per heavy atom. The molecule has 2 fully saturated rings. The summed E-state index contributed by atoms with van der Waals surface area (Å²) < 4.78 is 1.89. The normalized spacial score (nSPS) is 23.0. The Labute approximate surface area is 160 Å². The van der Waals surface area contributed by atoms with Gasteiger partial charge in [-0.05, 0) is 42.2 Å². The van der Waals surface area contributed by atoms with E-state index in [0.717, 1.165) is 31.5 Å². The first kappa shape index (κ1) is 18.9. The van der Waals surface area contributed by atoms with Crippen molar-refractivity contribution in [3.63, 3.8) is 0 Å². The zero-order valence-corrected chi connectivity index (χ0v) is 17.2. The molecule has 1 aromatic rings. The van der Waals surface area contributed by atoms with E-state index in [2.05, 4.69) is 38.3 Å². The number of aryl methyl sites for hydroxylation is 1. The minimum atomic E-state index is 0. The molecule has 2 aliphatic rings. The number of aliphatic imine (C=N–C) groups is 1. The first-order chi connectivity index (χ1) is 10.8. The molecule has 3 rings (SSSR count). The largest absolute Gasteiger partial charge is 0.356 e. The average Bonchev–Trinajstić information content (AvgIpc) is 3.18. The zero-order chi connectivity index (χ0) is 15.4. The van der Waals surface area contributed by atoms with E-state index in [0.29, 0.717) is 5.92 Å². The molecule has 1 N–H and O–H groups in total. The smallest absolute Gasteiger partial charge is 0.193 e. The van der Waals surface area contributed by atoms with E-state index in [1.807, 2.05) is 25.0 Å². The predicted octanol–water partition coefficient (Wildman–Crippen LogP) is 2.55. The molecule has 3 heterocycles. The average molecular weight is 449 g/mol. The molecule has 23 heavy (non-hydrogen) atoms. The fourth-order valence-corrected chi connectivity index (χ4v) is 4.60. The minimum Gasteiger partial charge on any atom is -0.356 e. The number of guanidine groups is 1. The summed E-state index contributed by atoms with van der Waals surface area (Å²) >= 11 is 2.09.